The molecule has 1 aromatic rings. The minimum atomic E-state index is -0.974. The van der Waals surface area contributed by atoms with Crippen LogP contribution in [0.2, 0.25) is 0 Å². The van der Waals surface area contributed by atoms with E-state index in [-0.39, 0.29) is 12.5 Å². The number of hydrogen-bond donors (Lipinski definition) is 3. The molecule has 0 aromatic heterocycles. The van der Waals surface area contributed by atoms with Crippen LogP contribution >= 0.6 is 0 Å². The fourth-order valence-electron chi connectivity index (χ4n) is 1.63. The predicted molar refractivity (Wildman–Crippen MR) is 67.2 cm³/mol. The Kier molecular flexibility index (Phi) is 6.38. The van der Waals surface area contributed by atoms with Crippen LogP contribution in [0.4, 0.5) is 8.78 Å². The van der Waals surface area contributed by atoms with Crippen molar-refractivity contribution in [2.75, 3.05) is 13.1 Å². The largest absolute Gasteiger partial charge is 0.387 e. The maximum atomic E-state index is 13.0. The summed E-state index contributed by atoms with van der Waals surface area (Å²) in [5.74, 6) is -2.24. The van der Waals surface area contributed by atoms with Crippen LogP contribution in [0, 0.1) is 11.6 Å². The van der Waals surface area contributed by atoms with Crippen LogP contribution in [0.3, 0.4) is 0 Å². The molecule has 0 heterocycles. The van der Waals surface area contributed by atoms with Gasteiger partial charge in [0.05, 0.1) is 6.10 Å². The summed E-state index contributed by atoms with van der Waals surface area (Å²) < 4.78 is 25.7. The quantitative estimate of drug-likeness (QED) is 0.623. The first-order valence-electron chi connectivity index (χ1n) is 6.12. The van der Waals surface area contributed by atoms with Gasteiger partial charge < -0.3 is 16.2 Å². The summed E-state index contributed by atoms with van der Waals surface area (Å²) in [5.41, 5.74) is 5.32. The average Bonchev–Trinajstić information content (AvgIpc) is 2.36. The molecule has 1 unspecified atom stereocenters. The van der Waals surface area contributed by atoms with Crippen LogP contribution in [-0.4, -0.2) is 24.1 Å². The molecule has 0 fully saturated rings. The molecule has 0 saturated heterocycles. The number of aliphatic hydroxyl groups is 1. The van der Waals surface area contributed by atoms with E-state index in [0.29, 0.717) is 24.9 Å². The number of carbonyl (C=O) groups is 1. The molecule has 6 heteroatoms. The zero-order chi connectivity index (χ0) is 14.3. The Bertz CT molecular complexity index is 427. The lowest BCUT2D eigenvalue weighted by atomic mass is 10.1. The number of nitrogens with one attached hydrogen (secondary N) is 1. The number of halogens is 2. The molecule has 1 atom stereocenters. The van der Waals surface area contributed by atoms with Gasteiger partial charge in [-0.15, -0.1) is 0 Å². The fraction of sp³-hybridized carbons (Fsp3) is 0.462. The number of nitrogens with two attached hydrogens (primary N) is 1. The second-order valence-corrected chi connectivity index (χ2v) is 4.32. The number of amides is 1. The van der Waals surface area contributed by atoms with Crippen LogP contribution in [-0.2, 0) is 4.79 Å². The molecule has 1 rings (SSSR count). The zero-order valence-electron chi connectivity index (χ0n) is 10.5. The third-order valence-electron chi connectivity index (χ3n) is 2.69. The molecule has 4 N–H and O–H groups in total. The van der Waals surface area contributed by atoms with E-state index < -0.39 is 17.7 Å². The normalized spacial score (nSPS) is 12.4. The lowest BCUT2D eigenvalue weighted by Crippen LogP contribution is -2.23. The molecule has 0 bridgehead atoms. The molecule has 0 aliphatic rings. The van der Waals surface area contributed by atoms with Gasteiger partial charge in [0, 0.05) is 13.0 Å². The van der Waals surface area contributed by atoms with Gasteiger partial charge in [-0.3, -0.25) is 4.79 Å². The maximum absolute atomic E-state index is 13.0. The minimum absolute atomic E-state index is 0.238. The van der Waals surface area contributed by atoms with E-state index in [1.165, 1.54) is 6.07 Å². The topological polar surface area (TPSA) is 75.4 Å². The first-order chi connectivity index (χ1) is 9.00. The molecular weight excluding hydrogens is 254 g/mol. The van der Waals surface area contributed by atoms with E-state index in [1.807, 2.05) is 0 Å². The van der Waals surface area contributed by atoms with Crippen LogP contribution in [0.15, 0.2) is 18.2 Å². The minimum Gasteiger partial charge on any atom is -0.387 e. The van der Waals surface area contributed by atoms with Crippen LogP contribution in [0.1, 0.15) is 30.9 Å². The summed E-state index contributed by atoms with van der Waals surface area (Å²) in [6.07, 6.45) is 0.885. The van der Waals surface area contributed by atoms with Gasteiger partial charge in [0.1, 0.15) is 0 Å². The highest BCUT2D eigenvalue weighted by Gasteiger charge is 2.10. The number of primary amides is 1. The van der Waals surface area contributed by atoms with Crippen molar-refractivity contribution >= 4 is 5.91 Å². The maximum Gasteiger partial charge on any atom is 0.217 e. The Labute approximate surface area is 110 Å². The highest BCUT2D eigenvalue weighted by atomic mass is 19.2. The van der Waals surface area contributed by atoms with Crippen molar-refractivity contribution in [3.63, 3.8) is 0 Å². The zero-order valence-corrected chi connectivity index (χ0v) is 10.5. The van der Waals surface area contributed by atoms with Crippen molar-refractivity contribution in [3.05, 3.63) is 35.4 Å². The summed E-state index contributed by atoms with van der Waals surface area (Å²) in [4.78, 5) is 10.5. The Morgan fingerprint density at radius 3 is 2.68 bits per heavy atom. The van der Waals surface area contributed by atoms with E-state index in [4.69, 9.17) is 5.73 Å². The molecule has 0 aliphatic carbocycles. The molecule has 1 amide bonds. The Hall–Kier alpha value is -1.53. The molecule has 106 valence electrons. The first-order valence-corrected chi connectivity index (χ1v) is 6.12. The number of carbonyl (C=O) groups excluding carboxylic acids is 1. The molecule has 19 heavy (non-hydrogen) atoms. The lowest BCUT2D eigenvalue weighted by Gasteiger charge is -2.12. The molecule has 0 spiro atoms. The Morgan fingerprint density at radius 1 is 1.32 bits per heavy atom. The third-order valence-corrected chi connectivity index (χ3v) is 2.69. The number of rotatable bonds is 8. The van der Waals surface area contributed by atoms with Crippen molar-refractivity contribution in [1.29, 1.82) is 0 Å². The van der Waals surface area contributed by atoms with Crippen molar-refractivity contribution in [3.8, 4) is 0 Å². The number of aliphatic hydroxyl groups excluding tert-OH is 1. The van der Waals surface area contributed by atoms with Gasteiger partial charge in [-0.1, -0.05) is 6.07 Å². The molecule has 1 aromatic carbocycles. The van der Waals surface area contributed by atoms with Crippen LogP contribution in [0.5, 0.6) is 0 Å². The molecule has 4 nitrogen and oxygen atoms in total. The van der Waals surface area contributed by atoms with Crippen molar-refractivity contribution in [2.45, 2.75) is 25.4 Å². The van der Waals surface area contributed by atoms with Crippen LogP contribution < -0.4 is 11.1 Å². The van der Waals surface area contributed by atoms with Gasteiger partial charge in [-0.2, -0.15) is 0 Å². The van der Waals surface area contributed by atoms with E-state index in [9.17, 15) is 18.7 Å². The number of benzene rings is 1. The summed E-state index contributed by atoms with van der Waals surface area (Å²) in [6, 6.07) is 3.31. The first kappa shape index (κ1) is 15.5. The van der Waals surface area contributed by atoms with Gasteiger partial charge in [-0.25, -0.2) is 8.78 Å². The van der Waals surface area contributed by atoms with E-state index in [2.05, 4.69) is 5.32 Å². The highest BCUT2D eigenvalue weighted by molar-refractivity contribution is 5.73. The monoisotopic (exact) mass is 272 g/mol. The second kappa shape index (κ2) is 7.81. The highest BCUT2D eigenvalue weighted by Crippen LogP contribution is 2.15. The van der Waals surface area contributed by atoms with Crippen LogP contribution in [0.25, 0.3) is 0 Å². The van der Waals surface area contributed by atoms with Gasteiger partial charge in [0.25, 0.3) is 0 Å². The predicted octanol–water partition coefficient (Wildman–Crippen LogP) is 1.24. The standard InChI is InChI=1S/C13H18F2N2O2/c14-10-5-4-9(7-11(10)15)12(18)8-17-6-2-1-3-13(16)19/h4-5,7,12,17-18H,1-3,6,8H2,(H2,16,19). The van der Waals surface area contributed by atoms with E-state index >= 15 is 0 Å². The smallest absolute Gasteiger partial charge is 0.217 e. The lowest BCUT2D eigenvalue weighted by molar-refractivity contribution is -0.118. The molecule has 0 saturated carbocycles. The summed E-state index contributed by atoms with van der Waals surface area (Å²) in [7, 11) is 0. The van der Waals surface area contributed by atoms with Gasteiger partial charge in [-0.05, 0) is 37.1 Å². The fourth-order valence-corrected chi connectivity index (χ4v) is 1.63. The molecular formula is C13H18F2N2O2. The van der Waals surface area contributed by atoms with E-state index in [1.54, 1.807) is 0 Å². The van der Waals surface area contributed by atoms with Crippen molar-refractivity contribution in [2.24, 2.45) is 5.73 Å². The van der Waals surface area contributed by atoms with Gasteiger partial charge >= 0.3 is 0 Å². The average molecular weight is 272 g/mol. The third kappa shape index (κ3) is 5.76. The SMILES string of the molecule is NC(=O)CCCCNCC(O)c1ccc(F)c(F)c1. The van der Waals surface area contributed by atoms with E-state index in [0.717, 1.165) is 18.6 Å². The van der Waals surface area contributed by atoms with Crippen molar-refractivity contribution in [1.82, 2.24) is 5.32 Å². The second-order valence-electron chi connectivity index (χ2n) is 4.32. The van der Waals surface area contributed by atoms with Crippen molar-refractivity contribution < 1.29 is 18.7 Å². The summed E-state index contributed by atoms with van der Waals surface area (Å²) in [6.45, 7) is 0.857. The summed E-state index contributed by atoms with van der Waals surface area (Å²) >= 11 is 0. The molecule has 0 aliphatic heterocycles. The Balaban J connectivity index is 2.25. The summed E-state index contributed by atoms with van der Waals surface area (Å²) in [5, 5.41) is 12.7. The molecule has 0 radical (unpaired) electrons. The van der Waals surface area contributed by atoms with Gasteiger partial charge in [0.2, 0.25) is 5.91 Å². The number of unbranched alkanes of at least 4 members (excludes halogenated alkanes) is 1. The number of hydrogen-bond acceptors (Lipinski definition) is 3. The Morgan fingerprint density at radius 2 is 2.05 bits per heavy atom. The van der Waals surface area contributed by atoms with Gasteiger partial charge in [0.15, 0.2) is 11.6 Å².